The van der Waals surface area contributed by atoms with E-state index in [1.807, 2.05) is 0 Å². The average Bonchev–Trinajstić information content (AvgIpc) is 2.55. The van der Waals surface area contributed by atoms with Gasteiger partial charge in [0.15, 0.2) is 6.17 Å². The third kappa shape index (κ3) is 2.30. The van der Waals surface area contributed by atoms with Crippen LogP contribution >= 0.6 is 10.3 Å². The molecule has 3 rings (SSSR count). The van der Waals surface area contributed by atoms with Crippen LogP contribution in [0.15, 0.2) is 17.0 Å². The molecule has 2 N–H and O–H groups in total. The van der Waals surface area contributed by atoms with Crippen molar-refractivity contribution in [2.75, 3.05) is 12.5 Å². The number of rotatable bonds is 3. The van der Waals surface area contributed by atoms with E-state index in [9.17, 15) is 22.8 Å². The van der Waals surface area contributed by atoms with Crippen LogP contribution in [0.5, 0.6) is 5.75 Å². The molecule has 2 atom stereocenters. The fourth-order valence-corrected chi connectivity index (χ4v) is 4.03. The summed E-state index contributed by atoms with van der Waals surface area (Å²) >= 11 is 0. The second kappa shape index (κ2) is 5.04. The van der Waals surface area contributed by atoms with Crippen molar-refractivity contribution in [1.29, 1.82) is 0 Å². The summed E-state index contributed by atoms with van der Waals surface area (Å²) in [5, 5.41) is 9.91. The number of benzene rings is 1. The van der Waals surface area contributed by atoms with E-state index in [4.69, 9.17) is 4.74 Å². The van der Waals surface area contributed by atoms with Crippen molar-refractivity contribution in [2.24, 2.45) is 0 Å². The van der Waals surface area contributed by atoms with E-state index >= 15 is 0 Å². The molecule has 1 aromatic rings. The topological polar surface area (TPSA) is 49.7 Å². The van der Waals surface area contributed by atoms with E-state index in [2.05, 4.69) is 0 Å². The van der Waals surface area contributed by atoms with Crippen molar-refractivity contribution in [3.05, 3.63) is 23.3 Å². The van der Waals surface area contributed by atoms with Crippen LogP contribution in [-0.2, 0) is 0 Å². The molecule has 0 heterocycles. The predicted molar refractivity (Wildman–Crippen MR) is 78.8 cm³/mol. The number of hydrogen-bond acceptors (Lipinski definition) is 3. The van der Waals surface area contributed by atoms with E-state index in [1.54, 1.807) is 0 Å². The van der Waals surface area contributed by atoms with Crippen molar-refractivity contribution in [3.63, 3.8) is 0 Å². The molecule has 0 radical (unpaired) electrons. The fourth-order valence-electron chi connectivity index (χ4n) is 2.87. The normalized spacial score (nSPS) is 28.1. The molecule has 3 nitrogen and oxygen atoms in total. The van der Waals surface area contributed by atoms with Gasteiger partial charge < -0.3 is 14.4 Å². The van der Waals surface area contributed by atoms with Gasteiger partial charge in [-0.15, -0.1) is 10.3 Å². The van der Waals surface area contributed by atoms with Gasteiger partial charge in [0.2, 0.25) is 0 Å². The van der Waals surface area contributed by atoms with Gasteiger partial charge >= 0.3 is 5.92 Å². The van der Waals surface area contributed by atoms with Gasteiger partial charge in [0.25, 0.3) is 0 Å². The van der Waals surface area contributed by atoms with Crippen LogP contribution in [-0.4, -0.2) is 34.2 Å². The SMILES string of the molecule is CS(C)(O)c1ccc(OC2CCC2)c2c1[C@H](O)C(F)(F)[C@@H]2F. The zero-order valence-electron chi connectivity index (χ0n) is 12.4. The summed E-state index contributed by atoms with van der Waals surface area (Å²) in [4.78, 5) is 0.177. The molecule has 7 heteroatoms. The van der Waals surface area contributed by atoms with Crippen molar-refractivity contribution in [2.45, 2.75) is 48.5 Å². The standard InChI is InChI=1S/C15H19F3O3S/c1-22(2,20)10-7-6-9(21-8-4-3-5-8)11-12(10)14(19)15(17,18)13(11)16/h6-8,13-14,19-20H,3-5H2,1-2H3/t13-,14+/m1/s1. The zero-order valence-corrected chi connectivity index (χ0v) is 13.2. The molecule has 1 fully saturated rings. The third-order valence-corrected chi connectivity index (χ3v) is 5.75. The van der Waals surface area contributed by atoms with E-state index in [0.29, 0.717) is 0 Å². The summed E-state index contributed by atoms with van der Waals surface area (Å²) in [6, 6.07) is 2.89. The Kier molecular flexibility index (Phi) is 3.66. The molecule has 1 saturated carbocycles. The second-order valence-corrected chi connectivity index (χ2v) is 9.26. The zero-order chi connectivity index (χ0) is 16.3. The number of aliphatic hydroxyl groups is 1. The van der Waals surface area contributed by atoms with Gasteiger partial charge in [-0.3, -0.25) is 0 Å². The van der Waals surface area contributed by atoms with E-state index < -0.39 is 28.5 Å². The summed E-state index contributed by atoms with van der Waals surface area (Å²) in [5.41, 5.74) is -0.520. The molecule has 22 heavy (non-hydrogen) atoms. The maximum absolute atomic E-state index is 14.3. The maximum atomic E-state index is 14.3. The highest BCUT2D eigenvalue weighted by Crippen LogP contribution is 2.61. The van der Waals surface area contributed by atoms with Crippen molar-refractivity contribution in [1.82, 2.24) is 0 Å². The lowest BCUT2D eigenvalue weighted by Gasteiger charge is -2.30. The monoisotopic (exact) mass is 336 g/mol. The van der Waals surface area contributed by atoms with Gasteiger partial charge in [-0.25, -0.2) is 4.39 Å². The minimum Gasteiger partial charge on any atom is -0.490 e. The van der Waals surface area contributed by atoms with Crippen LogP contribution in [0.1, 0.15) is 42.7 Å². The summed E-state index contributed by atoms with van der Waals surface area (Å²) in [6.45, 7) is 0. The van der Waals surface area contributed by atoms with Gasteiger partial charge in [0.05, 0.1) is 6.10 Å². The van der Waals surface area contributed by atoms with Crippen molar-refractivity contribution < 1.29 is 27.6 Å². The Labute approximate surface area is 128 Å². The van der Waals surface area contributed by atoms with Crippen LogP contribution in [0, 0.1) is 0 Å². The quantitative estimate of drug-likeness (QED) is 0.869. The molecule has 0 unspecified atom stereocenters. The Balaban J connectivity index is 2.14. The molecule has 0 aliphatic heterocycles. The molecule has 0 amide bonds. The number of halogens is 3. The molecule has 1 aromatic carbocycles. The van der Waals surface area contributed by atoms with Gasteiger partial charge in [0.1, 0.15) is 11.9 Å². The van der Waals surface area contributed by atoms with E-state index in [0.717, 1.165) is 19.3 Å². The number of hydrogen-bond donors (Lipinski definition) is 2. The number of ether oxygens (including phenoxy) is 1. The molecule has 2 aliphatic carbocycles. The lowest BCUT2D eigenvalue weighted by atomic mass is 9.96. The Hall–Kier alpha value is -0.920. The van der Waals surface area contributed by atoms with Gasteiger partial charge in [-0.05, 0) is 43.9 Å². The first-order valence-electron chi connectivity index (χ1n) is 7.13. The molecule has 0 bridgehead atoms. The lowest BCUT2D eigenvalue weighted by molar-refractivity contribution is -0.144. The van der Waals surface area contributed by atoms with Crippen LogP contribution in [0.4, 0.5) is 13.2 Å². The van der Waals surface area contributed by atoms with Crippen LogP contribution in [0.25, 0.3) is 0 Å². The maximum Gasteiger partial charge on any atom is 0.312 e. The molecule has 0 saturated heterocycles. The lowest BCUT2D eigenvalue weighted by Crippen LogP contribution is -2.26. The van der Waals surface area contributed by atoms with Crippen LogP contribution in [0.3, 0.4) is 0 Å². The second-order valence-electron chi connectivity index (χ2n) is 6.27. The highest BCUT2D eigenvalue weighted by molar-refractivity contribution is 8.28. The molecule has 2 aliphatic rings. The summed E-state index contributed by atoms with van der Waals surface area (Å²) < 4.78 is 58.0. The fraction of sp³-hybridized carbons (Fsp3) is 0.600. The Morgan fingerprint density at radius 2 is 1.86 bits per heavy atom. The number of alkyl halides is 3. The minimum atomic E-state index is -3.92. The molecular weight excluding hydrogens is 317 g/mol. The first-order valence-corrected chi connectivity index (χ1v) is 9.54. The first kappa shape index (κ1) is 16.0. The first-order chi connectivity index (χ1) is 10.1. The average molecular weight is 336 g/mol. The molecular formula is C15H19F3O3S. The Morgan fingerprint density at radius 1 is 1.23 bits per heavy atom. The molecule has 124 valence electrons. The smallest absolute Gasteiger partial charge is 0.312 e. The molecule has 0 spiro atoms. The highest BCUT2D eigenvalue weighted by atomic mass is 32.3. The van der Waals surface area contributed by atoms with Crippen LogP contribution in [0.2, 0.25) is 0 Å². The third-order valence-electron chi connectivity index (χ3n) is 4.32. The Bertz CT molecular complexity index is 596. The summed E-state index contributed by atoms with van der Waals surface area (Å²) in [6.07, 6.45) is 0.605. The van der Waals surface area contributed by atoms with Gasteiger partial charge in [0, 0.05) is 16.0 Å². The van der Waals surface area contributed by atoms with Crippen molar-refractivity contribution in [3.8, 4) is 5.75 Å². The van der Waals surface area contributed by atoms with E-state index in [1.165, 1.54) is 24.6 Å². The molecule has 0 aromatic heterocycles. The summed E-state index contributed by atoms with van der Waals surface area (Å²) in [7, 11) is -2.39. The van der Waals surface area contributed by atoms with Crippen LogP contribution < -0.4 is 4.74 Å². The van der Waals surface area contributed by atoms with Crippen molar-refractivity contribution >= 4 is 10.3 Å². The Morgan fingerprint density at radius 3 is 2.36 bits per heavy atom. The van der Waals surface area contributed by atoms with Gasteiger partial charge in [-0.2, -0.15) is 8.78 Å². The number of aliphatic hydroxyl groups excluding tert-OH is 1. The minimum absolute atomic E-state index is 0.0517. The van der Waals surface area contributed by atoms with Gasteiger partial charge in [-0.1, -0.05) is 0 Å². The number of fused-ring (bicyclic) bond motifs is 1. The summed E-state index contributed by atoms with van der Waals surface area (Å²) in [5.74, 6) is -3.86. The largest absolute Gasteiger partial charge is 0.490 e. The van der Waals surface area contributed by atoms with E-state index in [-0.39, 0.29) is 27.9 Å². The highest BCUT2D eigenvalue weighted by Gasteiger charge is 2.58. The predicted octanol–water partition coefficient (Wildman–Crippen LogP) is 4.21.